The van der Waals surface area contributed by atoms with Gasteiger partial charge in [-0.2, -0.15) is 0 Å². The number of thiophene rings is 1. The van der Waals surface area contributed by atoms with Crippen LogP contribution < -0.4 is 10.6 Å². The molecule has 0 saturated heterocycles. The minimum atomic E-state index is -0.545. The average Bonchev–Trinajstić information content (AvgIpc) is 2.88. The first-order valence-corrected chi connectivity index (χ1v) is 6.76. The second-order valence-electron chi connectivity index (χ2n) is 4.17. The highest BCUT2D eigenvalue weighted by molar-refractivity contribution is 7.16. The van der Waals surface area contributed by atoms with Crippen LogP contribution in [-0.4, -0.2) is 5.91 Å². The van der Waals surface area contributed by atoms with E-state index in [2.05, 4.69) is 0 Å². The quantitative estimate of drug-likeness (QED) is 0.918. The molecule has 0 radical (unpaired) electrons. The van der Waals surface area contributed by atoms with Crippen LogP contribution in [-0.2, 0) is 11.3 Å². The van der Waals surface area contributed by atoms with Crippen LogP contribution in [0.5, 0.6) is 0 Å². The van der Waals surface area contributed by atoms with Gasteiger partial charge in [0.1, 0.15) is 6.04 Å². The largest absolute Gasteiger partial charge is 0.316 e. The Morgan fingerprint density at radius 3 is 2.78 bits per heavy atom. The maximum atomic E-state index is 12.1. The van der Waals surface area contributed by atoms with Crippen molar-refractivity contribution in [2.45, 2.75) is 12.6 Å². The molecular formula is C13H11ClN2OS. The molecule has 0 fully saturated rings. The van der Waals surface area contributed by atoms with Crippen molar-refractivity contribution < 1.29 is 4.79 Å². The lowest BCUT2D eigenvalue weighted by Crippen LogP contribution is -2.30. The van der Waals surface area contributed by atoms with Crippen molar-refractivity contribution in [3.63, 3.8) is 0 Å². The number of nitrogens with zero attached hydrogens (tertiary/aromatic N) is 1. The lowest BCUT2D eigenvalue weighted by molar-refractivity contribution is -0.119. The molecule has 3 nitrogen and oxygen atoms in total. The van der Waals surface area contributed by atoms with Gasteiger partial charge in [0.05, 0.1) is 10.9 Å². The summed E-state index contributed by atoms with van der Waals surface area (Å²) in [6, 6.07) is 10.9. The molecule has 18 heavy (non-hydrogen) atoms. The van der Waals surface area contributed by atoms with Gasteiger partial charge in [0.15, 0.2) is 0 Å². The molecule has 0 bridgehead atoms. The highest BCUT2D eigenvalue weighted by Crippen LogP contribution is 2.36. The van der Waals surface area contributed by atoms with Gasteiger partial charge < -0.3 is 10.6 Å². The van der Waals surface area contributed by atoms with E-state index in [9.17, 15) is 4.79 Å². The van der Waals surface area contributed by atoms with Gasteiger partial charge in [-0.15, -0.1) is 11.3 Å². The monoisotopic (exact) mass is 278 g/mol. The van der Waals surface area contributed by atoms with Crippen molar-refractivity contribution in [1.29, 1.82) is 0 Å². The molecule has 0 spiro atoms. The van der Waals surface area contributed by atoms with E-state index in [1.807, 2.05) is 36.4 Å². The molecule has 1 aromatic carbocycles. The number of rotatable bonds is 2. The summed E-state index contributed by atoms with van der Waals surface area (Å²) in [4.78, 5) is 14.9. The van der Waals surface area contributed by atoms with Gasteiger partial charge in [0.25, 0.3) is 0 Å². The highest BCUT2D eigenvalue weighted by atomic mass is 35.5. The van der Waals surface area contributed by atoms with Crippen molar-refractivity contribution in [3.8, 4) is 0 Å². The summed E-state index contributed by atoms with van der Waals surface area (Å²) in [5.74, 6) is -0.0549. The topological polar surface area (TPSA) is 46.3 Å². The number of carbonyl (C=O) groups excluding carboxylic acids is 1. The summed E-state index contributed by atoms with van der Waals surface area (Å²) < 4.78 is 0.731. The number of anilines is 1. The van der Waals surface area contributed by atoms with Crippen LogP contribution in [0.25, 0.3) is 0 Å². The summed E-state index contributed by atoms with van der Waals surface area (Å²) in [6.45, 7) is 0.529. The molecule has 1 unspecified atom stereocenters. The van der Waals surface area contributed by atoms with Crippen molar-refractivity contribution in [3.05, 3.63) is 51.2 Å². The van der Waals surface area contributed by atoms with Gasteiger partial charge in [-0.25, -0.2) is 0 Å². The Kier molecular flexibility index (Phi) is 2.86. The molecule has 0 saturated carbocycles. The van der Waals surface area contributed by atoms with E-state index < -0.39 is 6.04 Å². The number of halogens is 1. The number of fused-ring (bicyclic) bond motifs is 1. The van der Waals surface area contributed by atoms with E-state index in [-0.39, 0.29) is 5.91 Å². The molecule has 1 aromatic heterocycles. The third-order valence-electron chi connectivity index (χ3n) is 3.04. The SMILES string of the molecule is NC1C(=O)N(Cc2ccc(Cl)s2)c2ccccc21. The first kappa shape index (κ1) is 11.7. The van der Waals surface area contributed by atoms with E-state index in [0.717, 1.165) is 20.5 Å². The third-order valence-corrected chi connectivity index (χ3v) is 4.25. The number of hydrogen-bond acceptors (Lipinski definition) is 3. The maximum absolute atomic E-state index is 12.1. The van der Waals surface area contributed by atoms with Crippen LogP contribution in [0, 0.1) is 0 Å². The Morgan fingerprint density at radius 2 is 2.06 bits per heavy atom. The molecule has 1 aliphatic rings. The molecule has 2 aromatic rings. The number of para-hydroxylation sites is 1. The fourth-order valence-electron chi connectivity index (χ4n) is 2.17. The van der Waals surface area contributed by atoms with Gasteiger partial charge in [-0.3, -0.25) is 4.79 Å². The molecule has 1 atom stereocenters. The molecular weight excluding hydrogens is 268 g/mol. The zero-order chi connectivity index (χ0) is 12.7. The van der Waals surface area contributed by atoms with Gasteiger partial charge in [0.2, 0.25) is 5.91 Å². The van der Waals surface area contributed by atoms with Crippen LogP contribution in [0.2, 0.25) is 4.34 Å². The van der Waals surface area contributed by atoms with Gasteiger partial charge >= 0.3 is 0 Å². The first-order valence-electron chi connectivity index (χ1n) is 5.57. The Labute approximate surface area is 114 Å². The van der Waals surface area contributed by atoms with Crippen LogP contribution in [0.3, 0.4) is 0 Å². The van der Waals surface area contributed by atoms with Crippen LogP contribution in [0.4, 0.5) is 5.69 Å². The van der Waals surface area contributed by atoms with Gasteiger partial charge in [-0.1, -0.05) is 29.8 Å². The second kappa shape index (κ2) is 4.39. The van der Waals surface area contributed by atoms with Crippen LogP contribution in [0.1, 0.15) is 16.5 Å². The summed E-state index contributed by atoms with van der Waals surface area (Å²) in [6.07, 6.45) is 0. The molecule has 2 N–H and O–H groups in total. The Morgan fingerprint density at radius 1 is 1.28 bits per heavy atom. The molecule has 2 heterocycles. The highest BCUT2D eigenvalue weighted by Gasteiger charge is 2.34. The average molecular weight is 279 g/mol. The van der Waals surface area contributed by atoms with Crippen molar-refractivity contribution >= 4 is 34.5 Å². The van der Waals surface area contributed by atoms with E-state index in [0.29, 0.717) is 6.54 Å². The minimum absolute atomic E-state index is 0.0549. The van der Waals surface area contributed by atoms with Crippen molar-refractivity contribution in [2.24, 2.45) is 5.73 Å². The Hall–Kier alpha value is -1.36. The summed E-state index contributed by atoms with van der Waals surface area (Å²) >= 11 is 7.38. The van der Waals surface area contributed by atoms with Gasteiger partial charge in [0, 0.05) is 16.1 Å². The minimum Gasteiger partial charge on any atom is -0.316 e. The number of hydrogen-bond donors (Lipinski definition) is 1. The Balaban J connectivity index is 1.95. The maximum Gasteiger partial charge on any atom is 0.248 e. The van der Waals surface area contributed by atoms with E-state index >= 15 is 0 Å². The lowest BCUT2D eigenvalue weighted by Gasteiger charge is -2.16. The molecule has 3 rings (SSSR count). The Bertz CT molecular complexity index is 611. The third kappa shape index (κ3) is 1.82. The predicted molar refractivity (Wildman–Crippen MR) is 73.9 cm³/mol. The van der Waals surface area contributed by atoms with Gasteiger partial charge in [-0.05, 0) is 18.2 Å². The molecule has 92 valence electrons. The standard InChI is InChI=1S/C13H11ClN2OS/c14-11-6-5-8(18-11)7-16-10-4-2-1-3-9(10)12(15)13(16)17/h1-6,12H,7,15H2. The molecule has 1 aliphatic heterocycles. The van der Waals surface area contributed by atoms with E-state index in [1.54, 1.807) is 4.90 Å². The number of benzene rings is 1. The van der Waals surface area contributed by atoms with E-state index in [1.165, 1.54) is 11.3 Å². The summed E-state index contributed by atoms with van der Waals surface area (Å²) in [5.41, 5.74) is 7.72. The number of carbonyl (C=O) groups is 1. The molecule has 5 heteroatoms. The van der Waals surface area contributed by atoms with Crippen molar-refractivity contribution in [2.75, 3.05) is 4.90 Å². The number of amides is 1. The smallest absolute Gasteiger partial charge is 0.248 e. The fraction of sp³-hybridized carbons (Fsp3) is 0.154. The second-order valence-corrected chi connectivity index (χ2v) is 5.97. The van der Waals surface area contributed by atoms with E-state index in [4.69, 9.17) is 17.3 Å². The first-order chi connectivity index (χ1) is 8.66. The zero-order valence-corrected chi connectivity index (χ0v) is 11.0. The summed E-state index contributed by atoms with van der Waals surface area (Å²) in [7, 11) is 0. The zero-order valence-electron chi connectivity index (χ0n) is 9.47. The van der Waals surface area contributed by atoms with Crippen LogP contribution in [0.15, 0.2) is 36.4 Å². The fourth-order valence-corrected chi connectivity index (χ4v) is 3.25. The predicted octanol–water partition coefficient (Wildman–Crippen LogP) is 2.95. The van der Waals surface area contributed by atoms with Crippen LogP contribution >= 0.6 is 22.9 Å². The molecule has 1 amide bonds. The summed E-state index contributed by atoms with van der Waals surface area (Å²) in [5, 5.41) is 0. The molecule has 0 aliphatic carbocycles. The number of nitrogens with two attached hydrogens (primary N) is 1. The normalized spacial score (nSPS) is 18.2. The van der Waals surface area contributed by atoms with Crippen molar-refractivity contribution in [1.82, 2.24) is 0 Å². The lowest BCUT2D eigenvalue weighted by atomic mass is 10.1.